The second-order valence-corrected chi connectivity index (χ2v) is 6.06. The molecule has 5 nitrogen and oxygen atoms in total. The van der Waals surface area contributed by atoms with Crippen LogP contribution in [0.5, 0.6) is 0 Å². The summed E-state index contributed by atoms with van der Waals surface area (Å²) in [5, 5.41) is 3.57. The van der Waals surface area contributed by atoms with Crippen LogP contribution in [0.3, 0.4) is 0 Å². The maximum absolute atomic E-state index is 13.1. The summed E-state index contributed by atoms with van der Waals surface area (Å²) in [5.41, 5.74) is 1.13. The Hall–Kier alpha value is -1.86. The molecule has 1 N–H and O–H groups in total. The summed E-state index contributed by atoms with van der Waals surface area (Å²) in [6.07, 6.45) is 5.51. The molecule has 1 aromatic heterocycles. The largest absolute Gasteiger partial charge is 0.376 e. The Morgan fingerprint density at radius 3 is 2.91 bits per heavy atom. The molecule has 0 aliphatic carbocycles. The molecule has 0 spiro atoms. The van der Waals surface area contributed by atoms with E-state index in [1.165, 1.54) is 23.9 Å². The summed E-state index contributed by atoms with van der Waals surface area (Å²) in [5.74, 6) is -0.526. The molecule has 1 fully saturated rings. The Labute approximate surface area is 138 Å². The lowest BCUT2D eigenvalue weighted by molar-refractivity contribution is 0.0851. The first-order valence-electron chi connectivity index (χ1n) is 7.46. The average Bonchev–Trinajstić information content (AvgIpc) is 3.22. The number of benzene rings is 1. The Morgan fingerprint density at radius 2 is 2.26 bits per heavy atom. The first-order valence-corrected chi connectivity index (χ1v) is 8.69. The van der Waals surface area contributed by atoms with Crippen LogP contribution < -0.4 is 5.32 Å². The third kappa shape index (κ3) is 3.56. The highest BCUT2D eigenvalue weighted by Crippen LogP contribution is 2.22. The zero-order chi connectivity index (χ0) is 16.2. The lowest BCUT2D eigenvalue weighted by Crippen LogP contribution is -2.32. The third-order valence-corrected chi connectivity index (χ3v) is 4.40. The molecular formula is C16H18FN3O2S. The molecule has 1 unspecified atom stereocenters. The predicted molar refractivity (Wildman–Crippen MR) is 86.6 cm³/mol. The fourth-order valence-corrected chi connectivity index (χ4v) is 3.13. The van der Waals surface area contributed by atoms with E-state index < -0.39 is 0 Å². The van der Waals surface area contributed by atoms with E-state index in [0.29, 0.717) is 23.1 Å². The van der Waals surface area contributed by atoms with E-state index >= 15 is 0 Å². The number of hydrogen-bond donors (Lipinski definition) is 1. The van der Waals surface area contributed by atoms with Gasteiger partial charge in [0.1, 0.15) is 11.5 Å². The van der Waals surface area contributed by atoms with Crippen LogP contribution in [0.1, 0.15) is 23.3 Å². The maximum atomic E-state index is 13.1. The van der Waals surface area contributed by atoms with Crippen molar-refractivity contribution in [1.29, 1.82) is 0 Å². The van der Waals surface area contributed by atoms with Crippen LogP contribution in [-0.2, 0) is 4.74 Å². The van der Waals surface area contributed by atoms with Gasteiger partial charge in [0.05, 0.1) is 12.3 Å². The van der Waals surface area contributed by atoms with Crippen LogP contribution in [0.4, 0.5) is 4.39 Å². The first-order chi connectivity index (χ1) is 11.2. The normalized spacial score (nSPS) is 17.4. The van der Waals surface area contributed by atoms with Gasteiger partial charge in [-0.1, -0.05) is 11.8 Å². The van der Waals surface area contributed by atoms with Crippen molar-refractivity contribution in [2.45, 2.75) is 24.1 Å². The molecule has 0 radical (unpaired) electrons. The molecule has 0 bridgehead atoms. The fraction of sp³-hybridized carbons (Fsp3) is 0.375. The average molecular weight is 335 g/mol. The summed E-state index contributed by atoms with van der Waals surface area (Å²) in [6.45, 7) is 1.24. The molecular weight excluding hydrogens is 317 g/mol. The molecule has 1 aromatic carbocycles. The van der Waals surface area contributed by atoms with E-state index in [1.54, 1.807) is 22.9 Å². The molecule has 7 heteroatoms. The second kappa shape index (κ2) is 7.14. The van der Waals surface area contributed by atoms with Crippen molar-refractivity contribution in [1.82, 2.24) is 14.9 Å². The Morgan fingerprint density at radius 1 is 1.48 bits per heavy atom. The Balaban J connectivity index is 1.82. The van der Waals surface area contributed by atoms with Gasteiger partial charge < -0.3 is 10.1 Å². The van der Waals surface area contributed by atoms with Crippen molar-refractivity contribution in [3.8, 4) is 5.69 Å². The number of nitrogens with one attached hydrogen (secondary N) is 1. The van der Waals surface area contributed by atoms with Crippen LogP contribution in [0, 0.1) is 5.82 Å². The number of rotatable bonds is 5. The summed E-state index contributed by atoms with van der Waals surface area (Å²) >= 11 is 1.43. The second-order valence-electron chi connectivity index (χ2n) is 5.29. The van der Waals surface area contributed by atoms with Crippen molar-refractivity contribution < 1.29 is 13.9 Å². The lowest BCUT2D eigenvalue weighted by atomic mass is 10.2. The van der Waals surface area contributed by atoms with Gasteiger partial charge in [0.2, 0.25) is 0 Å². The third-order valence-electron chi connectivity index (χ3n) is 3.74. The molecule has 1 saturated heterocycles. The number of hydrogen-bond acceptors (Lipinski definition) is 4. The van der Waals surface area contributed by atoms with E-state index in [-0.39, 0.29) is 17.8 Å². The minimum absolute atomic E-state index is 0.0844. The number of nitrogens with zero attached hydrogens (tertiary/aromatic N) is 2. The molecule has 122 valence electrons. The van der Waals surface area contributed by atoms with E-state index in [1.807, 2.05) is 6.26 Å². The Kier molecular flexibility index (Phi) is 4.97. The van der Waals surface area contributed by atoms with Crippen LogP contribution in [0.2, 0.25) is 0 Å². The lowest BCUT2D eigenvalue weighted by Gasteiger charge is -2.13. The van der Waals surface area contributed by atoms with Crippen LogP contribution in [0.15, 0.2) is 35.6 Å². The Bertz CT molecular complexity index is 681. The zero-order valence-electron chi connectivity index (χ0n) is 12.8. The summed E-state index contributed by atoms with van der Waals surface area (Å²) < 4.78 is 20.4. The van der Waals surface area contributed by atoms with Gasteiger partial charge in [0.15, 0.2) is 5.16 Å². The molecule has 0 saturated carbocycles. The minimum atomic E-state index is -0.316. The van der Waals surface area contributed by atoms with Gasteiger partial charge in [-0.25, -0.2) is 9.37 Å². The number of ether oxygens (including phenoxy) is 1. The number of carbonyl (C=O) groups excluding carboxylic acids is 1. The SMILES string of the molecule is CSc1ncc(C(=O)NCC2CCCO2)n1-c1ccc(F)cc1. The monoisotopic (exact) mass is 335 g/mol. The van der Waals surface area contributed by atoms with E-state index in [4.69, 9.17) is 4.74 Å². The van der Waals surface area contributed by atoms with E-state index in [9.17, 15) is 9.18 Å². The van der Waals surface area contributed by atoms with E-state index in [2.05, 4.69) is 10.3 Å². The molecule has 1 aliphatic heterocycles. The first kappa shape index (κ1) is 16.0. The maximum Gasteiger partial charge on any atom is 0.270 e. The molecule has 3 rings (SSSR count). The number of thioether (sulfide) groups is 1. The number of imidazole rings is 1. The van der Waals surface area contributed by atoms with Crippen LogP contribution in [0.25, 0.3) is 5.69 Å². The van der Waals surface area contributed by atoms with Gasteiger partial charge >= 0.3 is 0 Å². The number of aromatic nitrogens is 2. The molecule has 2 heterocycles. The summed E-state index contributed by atoms with van der Waals surface area (Å²) in [6, 6.07) is 6.00. The molecule has 23 heavy (non-hydrogen) atoms. The molecule has 1 aliphatic rings. The quantitative estimate of drug-likeness (QED) is 0.854. The highest BCUT2D eigenvalue weighted by molar-refractivity contribution is 7.98. The van der Waals surface area contributed by atoms with Crippen molar-refractivity contribution in [3.05, 3.63) is 42.0 Å². The van der Waals surface area contributed by atoms with Crippen molar-refractivity contribution >= 4 is 17.7 Å². The summed E-state index contributed by atoms with van der Waals surface area (Å²) in [7, 11) is 0. The van der Waals surface area contributed by atoms with E-state index in [0.717, 1.165) is 19.4 Å². The van der Waals surface area contributed by atoms with Gasteiger partial charge in [-0.05, 0) is 43.4 Å². The standard InChI is InChI=1S/C16H18FN3O2S/c1-23-16-19-10-14(15(21)18-9-13-3-2-8-22-13)20(16)12-6-4-11(17)5-7-12/h4-7,10,13H,2-3,8-9H2,1H3,(H,18,21). The van der Waals surface area contributed by atoms with Gasteiger partial charge in [-0.15, -0.1) is 0 Å². The topological polar surface area (TPSA) is 56.1 Å². The van der Waals surface area contributed by atoms with Gasteiger partial charge in [0, 0.05) is 18.8 Å². The predicted octanol–water partition coefficient (Wildman–Crippen LogP) is 2.64. The van der Waals surface area contributed by atoms with Gasteiger partial charge in [0.25, 0.3) is 5.91 Å². The highest BCUT2D eigenvalue weighted by atomic mass is 32.2. The van der Waals surface area contributed by atoms with Gasteiger partial charge in [-0.3, -0.25) is 9.36 Å². The number of carbonyl (C=O) groups is 1. The van der Waals surface area contributed by atoms with Crippen molar-refractivity contribution in [2.75, 3.05) is 19.4 Å². The van der Waals surface area contributed by atoms with Gasteiger partial charge in [-0.2, -0.15) is 0 Å². The van der Waals surface area contributed by atoms with Crippen LogP contribution in [-0.4, -0.2) is 41.0 Å². The van der Waals surface area contributed by atoms with Crippen molar-refractivity contribution in [3.63, 3.8) is 0 Å². The molecule has 1 amide bonds. The molecule has 1 atom stereocenters. The summed E-state index contributed by atoms with van der Waals surface area (Å²) in [4.78, 5) is 16.8. The molecule has 2 aromatic rings. The fourth-order valence-electron chi connectivity index (χ4n) is 2.58. The minimum Gasteiger partial charge on any atom is -0.376 e. The zero-order valence-corrected chi connectivity index (χ0v) is 13.6. The number of amides is 1. The highest BCUT2D eigenvalue weighted by Gasteiger charge is 2.20. The smallest absolute Gasteiger partial charge is 0.270 e. The number of halogens is 1. The van der Waals surface area contributed by atoms with Crippen molar-refractivity contribution in [2.24, 2.45) is 0 Å². The van der Waals surface area contributed by atoms with Crippen LogP contribution >= 0.6 is 11.8 Å².